The van der Waals surface area contributed by atoms with Crippen molar-refractivity contribution in [3.8, 4) is 0 Å². The lowest BCUT2D eigenvalue weighted by atomic mass is 9.72. The smallest absolute Gasteiger partial charge is 0.416 e. The standard InChI is InChI=1S/C29H42F3NO2/c30-29(31,32)25-13-11-24(12-14-25)26-18-23(19-28(34)35)10-15-27(26)33(20-22-8-4-5-9-22)17-16-21-6-2-1-3-7-21/h11-14,21-23,26-27H,1-10,15-20H2,(H,34,35)/t23-,26+,27-/m1/s1. The maximum Gasteiger partial charge on any atom is 0.416 e. The molecule has 0 amide bonds. The van der Waals surface area contributed by atoms with Gasteiger partial charge in [-0.25, -0.2) is 0 Å². The first-order valence-corrected chi connectivity index (χ1v) is 13.9. The number of hydrogen-bond donors (Lipinski definition) is 1. The van der Waals surface area contributed by atoms with Gasteiger partial charge in [-0.1, -0.05) is 57.1 Å². The van der Waals surface area contributed by atoms with Gasteiger partial charge in [-0.15, -0.1) is 0 Å². The van der Waals surface area contributed by atoms with Crippen LogP contribution < -0.4 is 0 Å². The highest BCUT2D eigenvalue weighted by Crippen LogP contribution is 2.42. The molecule has 0 radical (unpaired) electrons. The van der Waals surface area contributed by atoms with Crippen molar-refractivity contribution in [2.24, 2.45) is 17.8 Å². The predicted octanol–water partition coefficient (Wildman–Crippen LogP) is 7.90. The minimum absolute atomic E-state index is 0.0858. The quantitative estimate of drug-likeness (QED) is 0.380. The van der Waals surface area contributed by atoms with Crippen molar-refractivity contribution >= 4 is 5.97 Å². The van der Waals surface area contributed by atoms with Crippen LogP contribution in [0, 0.1) is 17.8 Å². The Morgan fingerprint density at radius 3 is 2.11 bits per heavy atom. The van der Waals surface area contributed by atoms with Crippen LogP contribution in [0.3, 0.4) is 0 Å². The van der Waals surface area contributed by atoms with Crippen LogP contribution in [0.1, 0.15) is 107 Å². The largest absolute Gasteiger partial charge is 0.481 e. The van der Waals surface area contributed by atoms with Crippen LogP contribution in [0.2, 0.25) is 0 Å². The molecule has 1 aromatic carbocycles. The second-order valence-corrected chi connectivity index (χ2v) is 11.5. The van der Waals surface area contributed by atoms with Gasteiger partial charge in [0.05, 0.1) is 5.56 Å². The zero-order valence-corrected chi connectivity index (χ0v) is 20.9. The summed E-state index contributed by atoms with van der Waals surface area (Å²) in [6, 6.07) is 5.99. The molecule has 0 unspecified atom stereocenters. The summed E-state index contributed by atoms with van der Waals surface area (Å²) in [6.07, 6.45) is 11.4. The van der Waals surface area contributed by atoms with Crippen molar-refractivity contribution in [3.63, 3.8) is 0 Å². The number of benzene rings is 1. The van der Waals surface area contributed by atoms with Crippen LogP contribution >= 0.6 is 0 Å². The highest BCUT2D eigenvalue weighted by Gasteiger charge is 2.38. The molecule has 0 heterocycles. The third-order valence-corrected chi connectivity index (χ3v) is 9.04. The van der Waals surface area contributed by atoms with Gasteiger partial charge in [0.25, 0.3) is 0 Å². The number of hydrogen-bond acceptors (Lipinski definition) is 2. The predicted molar refractivity (Wildman–Crippen MR) is 132 cm³/mol. The first-order chi connectivity index (χ1) is 16.8. The fourth-order valence-electron chi connectivity index (χ4n) is 7.13. The lowest BCUT2D eigenvalue weighted by Gasteiger charge is -2.44. The number of aliphatic carboxylic acids is 1. The van der Waals surface area contributed by atoms with Crippen molar-refractivity contribution in [3.05, 3.63) is 35.4 Å². The monoisotopic (exact) mass is 493 g/mol. The van der Waals surface area contributed by atoms with Crippen molar-refractivity contribution in [2.45, 2.75) is 108 Å². The first kappa shape index (κ1) is 26.5. The molecule has 3 saturated carbocycles. The van der Waals surface area contributed by atoms with E-state index in [4.69, 9.17) is 0 Å². The number of carbonyl (C=O) groups is 1. The van der Waals surface area contributed by atoms with E-state index in [-0.39, 0.29) is 24.3 Å². The molecule has 0 aliphatic heterocycles. The first-order valence-electron chi connectivity index (χ1n) is 13.9. The maximum atomic E-state index is 13.2. The summed E-state index contributed by atoms with van der Waals surface area (Å²) >= 11 is 0. The highest BCUT2D eigenvalue weighted by atomic mass is 19.4. The van der Waals surface area contributed by atoms with Gasteiger partial charge < -0.3 is 5.11 Å². The van der Waals surface area contributed by atoms with E-state index in [0.717, 1.165) is 43.8 Å². The molecule has 0 saturated heterocycles. The van der Waals surface area contributed by atoms with Crippen molar-refractivity contribution in [2.75, 3.05) is 13.1 Å². The van der Waals surface area contributed by atoms with Crippen LogP contribution in [0.25, 0.3) is 0 Å². The van der Waals surface area contributed by atoms with Crippen LogP contribution in [-0.2, 0) is 11.0 Å². The lowest BCUT2D eigenvalue weighted by molar-refractivity contribution is -0.139. The van der Waals surface area contributed by atoms with Crippen LogP contribution in [-0.4, -0.2) is 35.1 Å². The molecular formula is C29H42F3NO2. The fourth-order valence-corrected chi connectivity index (χ4v) is 7.13. The van der Waals surface area contributed by atoms with Gasteiger partial charge in [-0.05, 0) is 86.4 Å². The number of halogens is 3. The van der Waals surface area contributed by atoms with E-state index in [1.807, 2.05) is 0 Å². The molecule has 3 fully saturated rings. The molecule has 6 heteroatoms. The van der Waals surface area contributed by atoms with Crippen molar-refractivity contribution < 1.29 is 23.1 Å². The molecule has 1 N–H and O–H groups in total. The molecule has 0 bridgehead atoms. The van der Waals surface area contributed by atoms with Crippen LogP contribution in [0.15, 0.2) is 24.3 Å². The van der Waals surface area contributed by atoms with E-state index in [2.05, 4.69) is 4.90 Å². The topological polar surface area (TPSA) is 40.5 Å². The van der Waals surface area contributed by atoms with Gasteiger partial charge in [-0.3, -0.25) is 9.69 Å². The van der Waals surface area contributed by atoms with Gasteiger partial charge in [0.15, 0.2) is 0 Å². The lowest BCUT2D eigenvalue weighted by Crippen LogP contribution is -2.46. The average Bonchev–Trinajstić information content (AvgIpc) is 3.35. The Balaban J connectivity index is 1.55. The van der Waals surface area contributed by atoms with E-state index in [9.17, 15) is 23.1 Å². The van der Waals surface area contributed by atoms with Crippen LogP contribution in [0.5, 0.6) is 0 Å². The van der Waals surface area contributed by atoms with E-state index in [1.54, 1.807) is 12.1 Å². The molecule has 35 heavy (non-hydrogen) atoms. The summed E-state index contributed by atoms with van der Waals surface area (Å²) in [5.74, 6) is 0.902. The summed E-state index contributed by atoms with van der Waals surface area (Å²) in [4.78, 5) is 14.1. The fraction of sp³-hybridized carbons (Fsp3) is 0.759. The van der Waals surface area contributed by atoms with Gasteiger partial charge >= 0.3 is 12.1 Å². The highest BCUT2D eigenvalue weighted by molar-refractivity contribution is 5.67. The third-order valence-electron chi connectivity index (χ3n) is 9.04. The summed E-state index contributed by atoms with van der Waals surface area (Å²) in [5, 5.41) is 9.41. The molecule has 3 nitrogen and oxygen atoms in total. The molecule has 3 atom stereocenters. The number of alkyl halides is 3. The summed E-state index contributed by atoms with van der Waals surface area (Å²) < 4.78 is 39.6. The molecule has 0 aromatic heterocycles. The summed E-state index contributed by atoms with van der Waals surface area (Å²) in [7, 11) is 0. The summed E-state index contributed by atoms with van der Waals surface area (Å²) in [5.41, 5.74) is 0.322. The molecule has 196 valence electrons. The Hall–Kier alpha value is -1.56. The van der Waals surface area contributed by atoms with E-state index in [1.165, 1.54) is 76.3 Å². The molecule has 3 aliphatic rings. The molecule has 0 spiro atoms. The van der Waals surface area contributed by atoms with Crippen LogP contribution in [0.4, 0.5) is 13.2 Å². The minimum Gasteiger partial charge on any atom is -0.481 e. The van der Waals surface area contributed by atoms with E-state index >= 15 is 0 Å². The zero-order chi connectivity index (χ0) is 24.8. The Labute approximate surface area is 208 Å². The summed E-state index contributed by atoms with van der Waals surface area (Å²) in [6.45, 7) is 2.14. The number of carboxylic acids is 1. The van der Waals surface area contributed by atoms with Gasteiger partial charge in [0, 0.05) is 19.0 Å². The third kappa shape index (κ3) is 7.47. The SMILES string of the molecule is O=C(O)C[C@@H]1CC[C@@H](N(CCC2CCCCC2)CC2CCCC2)[C@H](c2ccc(C(F)(F)F)cc2)C1. The average molecular weight is 494 g/mol. The molecular weight excluding hydrogens is 451 g/mol. The number of carboxylic acid groups (broad SMARTS) is 1. The molecule has 4 rings (SSSR count). The second kappa shape index (κ2) is 12.1. The second-order valence-electron chi connectivity index (χ2n) is 11.5. The Bertz CT molecular complexity index is 797. The Morgan fingerprint density at radius 1 is 0.857 bits per heavy atom. The van der Waals surface area contributed by atoms with Gasteiger partial charge in [0.1, 0.15) is 0 Å². The van der Waals surface area contributed by atoms with E-state index in [0.29, 0.717) is 5.92 Å². The zero-order valence-electron chi connectivity index (χ0n) is 20.9. The van der Waals surface area contributed by atoms with Crippen molar-refractivity contribution in [1.82, 2.24) is 4.90 Å². The Morgan fingerprint density at radius 2 is 1.49 bits per heavy atom. The normalized spacial score (nSPS) is 26.9. The maximum absolute atomic E-state index is 13.2. The Kier molecular flexibility index (Phi) is 9.18. The molecule has 1 aromatic rings. The van der Waals surface area contributed by atoms with E-state index < -0.39 is 17.7 Å². The number of nitrogens with zero attached hydrogens (tertiary/aromatic N) is 1. The van der Waals surface area contributed by atoms with Gasteiger partial charge in [-0.2, -0.15) is 13.2 Å². The number of rotatable bonds is 9. The van der Waals surface area contributed by atoms with Crippen molar-refractivity contribution in [1.29, 1.82) is 0 Å². The van der Waals surface area contributed by atoms with Gasteiger partial charge in [0.2, 0.25) is 0 Å². The molecule has 3 aliphatic carbocycles. The minimum atomic E-state index is -4.34.